The first-order valence-electron chi connectivity index (χ1n) is 7.90. The minimum absolute atomic E-state index is 0.0354. The van der Waals surface area contributed by atoms with E-state index in [0.717, 1.165) is 23.6 Å². The first-order valence-corrected chi connectivity index (χ1v) is 9.09. The van der Waals surface area contributed by atoms with Crippen molar-refractivity contribution in [1.82, 2.24) is 10.3 Å². The van der Waals surface area contributed by atoms with Crippen LogP contribution in [0.25, 0.3) is 0 Å². The maximum Gasteiger partial charge on any atom is 0.138 e. The molecule has 0 aromatic carbocycles. The first-order chi connectivity index (χ1) is 11.1. The van der Waals surface area contributed by atoms with E-state index in [1.54, 1.807) is 29.7 Å². The smallest absolute Gasteiger partial charge is 0.138 e. The lowest BCUT2D eigenvalue weighted by molar-refractivity contribution is -0.0959. The lowest BCUT2D eigenvalue weighted by atomic mass is 9.79. The van der Waals surface area contributed by atoms with Gasteiger partial charge in [-0.2, -0.15) is 0 Å². The Balaban J connectivity index is 1.74. The molecule has 122 valence electrons. The number of pyridine rings is 1. The molecule has 3 atom stereocenters. The summed E-state index contributed by atoms with van der Waals surface area (Å²) in [6.45, 7) is 2.87. The highest BCUT2D eigenvalue weighted by Gasteiger charge is 2.46. The number of hydrogen-bond donors (Lipinski definition) is 2. The highest BCUT2D eigenvalue weighted by Crippen LogP contribution is 2.50. The summed E-state index contributed by atoms with van der Waals surface area (Å²) in [6, 6.07) is 5.74. The van der Waals surface area contributed by atoms with E-state index >= 15 is 0 Å². The number of ether oxygens (including phenoxy) is 1. The Labute approximate surface area is 144 Å². The van der Waals surface area contributed by atoms with Crippen LogP contribution < -0.4 is 5.32 Å². The predicted molar refractivity (Wildman–Crippen MR) is 91.1 cm³/mol. The SMILES string of the molecule is CC1CC2(CC(c3ncccc3O)N1)OCCc1cc(Cl)sc12. The van der Waals surface area contributed by atoms with Crippen molar-refractivity contribution in [1.29, 1.82) is 0 Å². The molecule has 1 saturated heterocycles. The summed E-state index contributed by atoms with van der Waals surface area (Å²) < 4.78 is 7.13. The van der Waals surface area contributed by atoms with E-state index in [2.05, 4.69) is 23.3 Å². The number of rotatable bonds is 1. The van der Waals surface area contributed by atoms with Crippen molar-refractivity contribution in [3.05, 3.63) is 44.9 Å². The zero-order valence-corrected chi connectivity index (χ0v) is 14.5. The zero-order valence-electron chi connectivity index (χ0n) is 12.9. The fraction of sp³-hybridized carbons (Fsp3) is 0.471. The second-order valence-corrected chi connectivity index (χ2v) is 8.12. The van der Waals surface area contributed by atoms with Gasteiger partial charge in [0.2, 0.25) is 0 Å². The van der Waals surface area contributed by atoms with Gasteiger partial charge >= 0.3 is 0 Å². The fourth-order valence-electron chi connectivity index (χ4n) is 3.91. The van der Waals surface area contributed by atoms with E-state index in [1.807, 2.05) is 0 Å². The van der Waals surface area contributed by atoms with Crippen LogP contribution in [0.4, 0.5) is 0 Å². The molecule has 0 saturated carbocycles. The monoisotopic (exact) mass is 350 g/mol. The van der Waals surface area contributed by atoms with Crippen LogP contribution in [0.5, 0.6) is 5.75 Å². The fourth-order valence-corrected chi connectivity index (χ4v) is 5.38. The molecule has 4 rings (SSSR count). The molecule has 0 amide bonds. The van der Waals surface area contributed by atoms with Gasteiger partial charge in [0, 0.05) is 23.5 Å². The van der Waals surface area contributed by atoms with Crippen LogP contribution >= 0.6 is 22.9 Å². The number of nitrogens with one attached hydrogen (secondary N) is 1. The standard InChI is InChI=1S/C17H19ClN2O2S/c1-10-8-17(16-11(4-6-22-17)7-14(18)23-16)9-12(20-10)15-13(21)3-2-5-19-15/h2-3,5,7,10,12,20-21H,4,6,8-9H2,1H3. The summed E-state index contributed by atoms with van der Waals surface area (Å²) in [7, 11) is 0. The molecule has 2 N–H and O–H groups in total. The van der Waals surface area contributed by atoms with Crippen molar-refractivity contribution in [3.63, 3.8) is 0 Å². The molecule has 23 heavy (non-hydrogen) atoms. The molecule has 0 bridgehead atoms. The van der Waals surface area contributed by atoms with Crippen LogP contribution in [0.15, 0.2) is 24.4 Å². The van der Waals surface area contributed by atoms with E-state index < -0.39 is 0 Å². The number of halogens is 1. The highest BCUT2D eigenvalue weighted by molar-refractivity contribution is 7.16. The second-order valence-electron chi connectivity index (χ2n) is 6.43. The van der Waals surface area contributed by atoms with E-state index in [0.29, 0.717) is 12.3 Å². The van der Waals surface area contributed by atoms with Gasteiger partial charge in [-0.1, -0.05) is 11.6 Å². The van der Waals surface area contributed by atoms with Gasteiger partial charge in [-0.25, -0.2) is 0 Å². The Kier molecular flexibility index (Phi) is 3.84. The Morgan fingerprint density at radius 3 is 3.17 bits per heavy atom. The Bertz CT molecular complexity index is 735. The molecule has 0 aliphatic carbocycles. The molecular formula is C17H19ClN2O2S. The van der Waals surface area contributed by atoms with Crippen molar-refractivity contribution < 1.29 is 9.84 Å². The van der Waals surface area contributed by atoms with Crippen LogP contribution in [0.1, 0.15) is 41.9 Å². The normalized spacial score (nSPS) is 30.3. The van der Waals surface area contributed by atoms with Gasteiger partial charge in [-0.05, 0) is 43.5 Å². The molecule has 1 fully saturated rings. The lowest BCUT2D eigenvalue weighted by Crippen LogP contribution is -2.49. The van der Waals surface area contributed by atoms with Crippen molar-refractivity contribution >= 4 is 22.9 Å². The molecule has 6 heteroatoms. The van der Waals surface area contributed by atoms with Gasteiger partial charge in [-0.3, -0.25) is 4.98 Å². The van der Waals surface area contributed by atoms with Crippen molar-refractivity contribution in [3.8, 4) is 5.75 Å². The van der Waals surface area contributed by atoms with Crippen LogP contribution in [0, 0.1) is 0 Å². The Morgan fingerprint density at radius 2 is 2.35 bits per heavy atom. The van der Waals surface area contributed by atoms with Gasteiger partial charge in [0.05, 0.1) is 22.7 Å². The molecule has 2 aromatic heterocycles. The Hall–Kier alpha value is -1.14. The third-order valence-corrected chi connectivity index (χ3v) is 6.24. The average Bonchev–Trinajstić information content (AvgIpc) is 2.89. The number of aromatic nitrogens is 1. The summed E-state index contributed by atoms with van der Waals surface area (Å²) in [4.78, 5) is 5.64. The third kappa shape index (κ3) is 2.66. The molecule has 2 aromatic rings. The van der Waals surface area contributed by atoms with E-state index in [-0.39, 0.29) is 23.4 Å². The van der Waals surface area contributed by atoms with E-state index in [9.17, 15) is 5.11 Å². The highest BCUT2D eigenvalue weighted by atomic mass is 35.5. The quantitative estimate of drug-likeness (QED) is 0.821. The number of fused-ring (bicyclic) bond motifs is 2. The number of aromatic hydroxyl groups is 1. The topological polar surface area (TPSA) is 54.4 Å². The zero-order chi connectivity index (χ0) is 16.0. The molecule has 2 aliphatic rings. The maximum absolute atomic E-state index is 10.2. The van der Waals surface area contributed by atoms with Gasteiger partial charge in [0.25, 0.3) is 0 Å². The second kappa shape index (κ2) is 5.74. The minimum atomic E-state index is -0.329. The molecule has 1 spiro atoms. The predicted octanol–water partition coefficient (Wildman–Crippen LogP) is 3.78. The number of nitrogens with zero attached hydrogens (tertiary/aromatic N) is 1. The van der Waals surface area contributed by atoms with Crippen LogP contribution in [-0.4, -0.2) is 22.7 Å². The van der Waals surface area contributed by atoms with E-state index in [4.69, 9.17) is 16.3 Å². The summed E-state index contributed by atoms with van der Waals surface area (Å²) in [5, 5.41) is 13.7. The summed E-state index contributed by atoms with van der Waals surface area (Å²) in [5.41, 5.74) is 1.67. The largest absolute Gasteiger partial charge is 0.506 e. The first kappa shape index (κ1) is 15.4. The van der Waals surface area contributed by atoms with Crippen LogP contribution in [0.3, 0.4) is 0 Å². The molecule has 0 radical (unpaired) electrons. The summed E-state index contributed by atoms with van der Waals surface area (Å²) >= 11 is 7.89. The summed E-state index contributed by atoms with van der Waals surface area (Å²) in [6.07, 6.45) is 4.30. The van der Waals surface area contributed by atoms with Crippen LogP contribution in [-0.2, 0) is 16.8 Å². The Morgan fingerprint density at radius 1 is 1.48 bits per heavy atom. The van der Waals surface area contributed by atoms with Gasteiger partial charge in [0.1, 0.15) is 11.4 Å². The third-order valence-electron chi connectivity index (χ3n) is 4.74. The van der Waals surface area contributed by atoms with E-state index in [1.165, 1.54) is 10.4 Å². The molecular weight excluding hydrogens is 332 g/mol. The van der Waals surface area contributed by atoms with Crippen LogP contribution in [0.2, 0.25) is 4.34 Å². The van der Waals surface area contributed by atoms with Gasteiger partial charge in [-0.15, -0.1) is 11.3 Å². The van der Waals surface area contributed by atoms with Gasteiger partial charge in [0.15, 0.2) is 0 Å². The molecule has 4 nitrogen and oxygen atoms in total. The number of thiophene rings is 1. The average molecular weight is 351 g/mol. The summed E-state index contributed by atoms with van der Waals surface area (Å²) in [5.74, 6) is 0.231. The van der Waals surface area contributed by atoms with Crippen molar-refractivity contribution in [2.24, 2.45) is 0 Å². The number of piperidine rings is 1. The molecule has 4 heterocycles. The molecule has 3 unspecified atom stereocenters. The van der Waals surface area contributed by atoms with Crippen molar-refractivity contribution in [2.45, 2.75) is 43.9 Å². The van der Waals surface area contributed by atoms with Gasteiger partial charge < -0.3 is 15.2 Å². The van der Waals surface area contributed by atoms with Crippen molar-refractivity contribution in [2.75, 3.05) is 6.61 Å². The number of hydrogen-bond acceptors (Lipinski definition) is 5. The maximum atomic E-state index is 10.2. The molecule has 2 aliphatic heterocycles. The lowest BCUT2D eigenvalue weighted by Gasteiger charge is -2.46. The minimum Gasteiger partial charge on any atom is -0.506 e.